The van der Waals surface area contributed by atoms with Crippen molar-refractivity contribution in [1.82, 2.24) is 0 Å². The first-order valence-electron chi connectivity index (χ1n) is 8.53. The van der Waals surface area contributed by atoms with Gasteiger partial charge in [-0.05, 0) is 44.0 Å². The van der Waals surface area contributed by atoms with Crippen LogP contribution in [0.5, 0.6) is 5.75 Å². The van der Waals surface area contributed by atoms with Gasteiger partial charge in [-0.2, -0.15) is 0 Å². The Morgan fingerprint density at radius 3 is 2.88 bits per heavy atom. The van der Waals surface area contributed by atoms with Crippen molar-refractivity contribution in [2.45, 2.75) is 38.3 Å². The zero-order valence-electron chi connectivity index (χ0n) is 14.7. The van der Waals surface area contributed by atoms with Crippen molar-refractivity contribution < 1.29 is 23.8 Å². The number of benzene rings is 1. The molecule has 0 amide bonds. The molecule has 1 heterocycles. The van der Waals surface area contributed by atoms with Gasteiger partial charge >= 0.3 is 11.9 Å². The third kappa shape index (κ3) is 3.34. The molecule has 6 heteroatoms. The number of hydrogen-bond donors (Lipinski definition) is 1. The largest absolute Gasteiger partial charge is 0.497 e. The lowest BCUT2D eigenvalue weighted by Gasteiger charge is -2.36. The molecular weight excluding hydrogens is 322 g/mol. The molecule has 3 rings (SSSR count). The number of ether oxygens (including phenoxy) is 3. The zero-order chi connectivity index (χ0) is 18.0. The van der Waals surface area contributed by atoms with E-state index in [0.717, 1.165) is 23.4 Å². The number of esters is 2. The van der Waals surface area contributed by atoms with Gasteiger partial charge in [-0.15, -0.1) is 0 Å². The molecule has 1 aromatic rings. The fourth-order valence-corrected chi connectivity index (χ4v) is 3.49. The summed E-state index contributed by atoms with van der Waals surface area (Å²) < 4.78 is 15.6. The first-order valence-corrected chi connectivity index (χ1v) is 8.53. The third-order valence-electron chi connectivity index (χ3n) is 4.74. The molecule has 2 aliphatic rings. The first-order chi connectivity index (χ1) is 12.0. The number of methoxy groups -OCH3 is 1. The zero-order valence-corrected chi connectivity index (χ0v) is 14.7. The van der Waals surface area contributed by atoms with E-state index in [1.807, 2.05) is 18.2 Å². The number of anilines is 1. The Morgan fingerprint density at radius 2 is 2.16 bits per heavy atom. The Morgan fingerprint density at radius 1 is 1.36 bits per heavy atom. The predicted octanol–water partition coefficient (Wildman–Crippen LogP) is 2.64. The summed E-state index contributed by atoms with van der Waals surface area (Å²) in [4.78, 5) is 24.4. The molecule has 6 nitrogen and oxygen atoms in total. The van der Waals surface area contributed by atoms with Crippen LogP contribution >= 0.6 is 0 Å². The molecule has 4 atom stereocenters. The SMILES string of the molecule is CCOC(=O)[C@H](C)OC(=O)[C@H]1Nc2ccc(OC)cc2[C@H]2C=CC[C@@H]12. The van der Waals surface area contributed by atoms with Crippen LogP contribution < -0.4 is 10.1 Å². The van der Waals surface area contributed by atoms with E-state index in [4.69, 9.17) is 14.2 Å². The Labute approximate surface area is 147 Å². The molecule has 0 spiro atoms. The molecule has 1 aliphatic carbocycles. The van der Waals surface area contributed by atoms with E-state index in [2.05, 4.69) is 17.5 Å². The third-order valence-corrected chi connectivity index (χ3v) is 4.74. The highest BCUT2D eigenvalue weighted by Crippen LogP contribution is 2.45. The number of hydrogen-bond acceptors (Lipinski definition) is 6. The van der Waals surface area contributed by atoms with Crippen molar-refractivity contribution in [2.24, 2.45) is 5.92 Å². The second-order valence-corrected chi connectivity index (χ2v) is 6.26. The van der Waals surface area contributed by atoms with Crippen LogP contribution in [0.1, 0.15) is 31.7 Å². The molecule has 0 saturated carbocycles. The molecular formula is C19H23NO5. The van der Waals surface area contributed by atoms with Crippen molar-refractivity contribution in [1.29, 1.82) is 0 Å². The van der Waals surface area contributed by atoms with Crippen molar-refractivity contribution >= 4 is 17.6 Å². The normalized spacial score (nSPS) is 24.5. The smallest absolute Gasteiger partial charge is 0.347 e. The van der Waals surface area contributed by atoms with Crippen molar-refractivity contribution in [3.8, 4) is 5.75 Å². The second-order valence-electron chi connectivity index (χ2n) is 6.26. The minimum Gasteiger partial charge on any atom is -0.497 e. The van der Waals surface area contributed by atoms with Gasteiger partial charge in [0.2, 0.25) is 0 Å². The van der Waals surface area contributed by atoms with Crippen LogP contribution in [0.3, 0.4) is 0 Å². The van der Waals surface area contributed by atoms with E-state index in [9.17, 15) is 9.59 Å². The van der Waals surface area contributed by atoms with Gasteiger partial charge in [-0.3, -0.25) is 0 Å². The summed E-state index contributed by atoms with van der Waals surface area (Å²) in [7, 11) is 1.64. The molecule has 0 radical (unpaired) electrons. The summed E-state index contributed by atoms with van der Waals surface area (Å²) in [6.07, 6.45) is 4.07. The highest BCUT2D eigenvalue weighted by atomic mass is 16.6. The lowest BCUT2D eigenvalue weighted by atomic mass is 9.79. The minimum atomic E-state index is -0.917. The van der Waals surface area contributed by atoms with Gasteiger partial charge in [0.15, 0.2) is 6.10 Å². The van der Waals surface area contributed by atoms with Crippen LogP contribution in [0.2, 0.25) is 0 Å². The average molecular weight is 345 g/mol. The van der Waals surface area contributed by atoms with Crippen molar-refractivity contribution in [2.75, 3.05) is 19.0 Å². The van der Waals surface area contributed by atoms with Crippen LogP contribution in [0, 0.1) is 5.92 Å². The Bertz CT molecular complexity index is 699. The fourth-order valence-electron chi connectivity index (χ4n) is 3.49. The lowest BCUT2D eigenvalue weighted by molar-refractivity contribution is -0.167. The maximum absolute atomic E-state index is 12.6. The van der Waals surface area contributed by atoms with Gasteiger partial charge in [-0.1, -0.05) is 12.2 Å². The molecule has 25 heavy (non-hydrogen) atoms. The average Bonchev–Trinajstić information content (AvgIpc) is 3.10. The van der Waals surface area contributed by atoms with E-state index >= 15 is 0 Å². The van der Waals surface area contributed by atoms with Gasteiger partial charge in [-0.25, -0.2) is 9.59 Å². The number of fused-ring (bicyclic) bond motifs is 3. The van der Waals surface area contributed by atoms with E-state index < -0.39 is 24.1 Å². The van der Waals surface area contributed by atoms with E-state index in [-0.39, 0.29) is 18.4 Å². The Hall–Kier alpha value is -2.50. The first kappa shape index (κ1) is 17.3. The molecule has 0 bridgehead atoms. The Kier molecular flexibility index (Phi) is 4.97. The Balaban J connectivity index is 1.79. The maximum atomic E-state index is 12.6. The number of carbonyl (C=O) groups excluding carboxylic acids is 2. The number of nitrogens with one attached hydrogen (secondary N) is 1. The summed E-state index contributed by atoms with van der Waals surface area (Å²) in [5.74, 6) is 0.0125. The molecule has 1 aromatic carbocycles. The molecule has 134 valence electrons. The number of carbonyl (C=O) groups is 2. The van der Waals surface area contributed by atoms with Crippen LogP contribution in [-0.2, 0) is 19.1 Å². The molecule has 0 unspecified atom stereocenters. The monoisotopic (exact) mass is 345 g/mol. The van der Waals surface area contributed by atoms with Gasteiger partial charge in [0.05, 0.1) is 13.7 Å². The fraction of sp³-hybridized carbons (Fsp3) is 0.474. The number of rotatable bonds is 5. The van der Waals surface area contributed by atoms with Crippen molar-refractivity contribution in [3.05, 3.63) is 35.9 Å². The van der Waals surface area contributed by atoms with Crippen molar-refractivity contribution in [3.63, 3.8) is 0 Å². The lowest BCUT2D eigenvalue weighted by Crippen LogP contribution is -2.44. The molecule has 0 saturated heterocycles. The standard InChI is InChI=1S/C19H23NO5/c1-4-24-18(21)11(2)25-19(22)17-14-7-5-6-13(14)15-10-12(23-3)8-9-16(15)20-17/h5-6,8-11,13-14,17,20H,4,7H2,1-3H3/t11-,13-,14+,17-/m0/s1. The highest BCUT2D eigenvalue weighted by molar-refractivity contribution is 5.85. The van der Waals surface area contributed by atoms with Crippen LogP contribution in [0.15, 0.2) is 30.4 Å². The summed E-state index contributed by atoms with van der Waals surface area (Å²) >= 11 is 0. The maximum Gasteiger partial charge on any atom is 0.347 e. The molecule has 0 aromatic heterocycles. The van der Waals surface area contributed by atoms with E-state index in [1.165, 1.54) is 6.92 Å². The second kappa shape index (κ2) is 7.17. The molecule has 1 N–H and O–H groups in total. The topological polar surface area (TPSA) is 73.9 Å². The highest BCUT2D eigenvalue weighted by Gasteiger charge is 2.42. The van der Waals surface area contributed by atoms with Crippen LogP contribution in [0.4, 0.5) is 5.69 Å². The van der Waals surface area contributed by atoms with Gasteiger partial charge in [0.1, 0.15) is 11.8 Å². The van der Waals surface area contributed by atoms with Crippen LogP contribution in [0.25, 0.3) is 0 Å². The van der Waals surface area contributed by atoms with E-state index in [1.54, 1.807) is 14.0 Å². The summed E-state index contributed by atoms with van der Waals surface area (Å²) in [5.41, 5.74) is 2.00. The summed E-state index contributed by atoms with van der Waals surface area (Å²) in [6, 6.07) is 5.26. The summed E-state index contributed by atoms with van der Waals surface area (Å²) in [6.45, 7) is 3.50. The minimum absolute atomic E-state index is 0.0569. The van der Waals surface area contributed by atoms with Gasteiger partial charge in [0, 0.05) is 17.5 Å². The molecule has 0 fully saturated rings. The van der Waals surface area contributed by atoms with Crippen LogP contribution in [-0.4, -0.2) is 37.8 Å². The van der Waals surface area contributed by atoms with Gasteiger partial charge in [0.25, 0.3) is 0 Å². The number of allylic oxidation sites excluding steroid dienone is 2. The molecule has 1 aliphatic heterocycles. The van der Waals surface area contributed by atoms with E-state index in [0.29, 0.717) is 0 Å². The quantitative estimate of drug-likeness (QED) is 0.653. The summed E-state index contributed by atoms with van der Waals surface area (Å²) in [5, 5.41) is 3.27. The predicted molar refractivity (Wildman–Crippen MR) is 92.6 cm³/mol. The van der Waals surface area contributed by atoms with Gasteiger partial charge < -0.3 is 19.5 Å².